The molecule has 1 aromatic carbocycles. The summed E-state index contributed by atoms with van der Waals surface area (Å²) in [6, 6.07) is 6.13. The van der Waals surface area contributed by atoms with Crippen molar-refractivity contribution in [2.45, 2.75) is 45.1 Å². The first-order valence-corrected chi connectivity index (χ1v) is 7.04. The summed E-state index contributed by atoms with van der Waals surface area (Å²) >= 11 is 3.46. The molecule has 1 aliphatic rings. The van der Waals surface area contributed by atoms with Crippen molar-refractivity contribution in [2.75, 3.05) is 0 Å². The predicted octanol–water partition coefficient (Wildman–Crippen LogP) is 3.82. The van der Waals surface area contributed by atoms with Crippen LogP contribution in [0.25, 0.3) is 0 Å². The second-order valence-electron chi connectivity index (χ2n) is 4.72. The Bertz CT molecular complexity index is 411. The Hall–Kier alpha value is -0.830. The largest absolute Gasteiger partial charge is 0.349 e. The molecule has 17 heavy (non-hydrogen) atoms. The lowest BCUT2D eigenvalue weighted by molar-refractivity contribution is 0.0927. The fourth-order valence-electron chi connectivity index (χ4n) is 2.36. The van der Waals surface area contributed by atoms with Gasteiger partial charge in [0.15, 0.2) is 0 Å². The summed E-state index contributed by atoms with van der Waals surface area (Å²) in [7, 11) is 0. The minimum absolute atomic E-state index is 0.0655. The third-order valence-corrected chi connectivity index (χ3v) is 4.31. The highest BCUT2D eigenvalue weighted by Gasteiger charge is 2.17. The van der Waals surface area contributed by atoms with E-state index >= 15 is 0 Å². The third kappa shape index (κ3) is 3.09. The van der Waals surface area contributed by atoms with E-state index in [-0.39, 0.29) is 5.91 Å². The van der Waals surface area contributed by atoms with E-state index in [9.17, 15) is 4.79 Å². The van der Waals surface area contributed by atoms with Crippen LogP contribution in [0.4, 0.5) is 0 Å². The number of hydrogen-bond acceptors (Lipinski definition) is 1. The lowest BCUT2D eigenvalue weighted by Gasteiger charge is -2.23. The van der Waals surface area contributed by atoms with Crippen LogP contribution in [0.15, 0.2) is 22.7 Å². The first kappa shape index (κ1) is 12.6. The van der Waals surface area contributed by atoms with E-state index in [0.29, 0.717) is 6.04 Å². The second kappa shape index (κ2) is 5.67. The lowest BCUT2D eigenvalue weighted by atomic mass is 9.95. The molecule has 0 heterocycles. The van der Waals surface area contributed by atoms with Gasteiger partial charge in [-0.05, 0) is 37.5 Å². The number of halogens is 1. The topological polar surface area (TPSA) is 29.1 Å². The van der Waals surface area contributed by atoms with Crippen LogP contribution in [0.1, 0.15) is 48.0 Å². The molecule has 92 valence electrons. The highest BCUT2D eigenvalue weighted by molar-refractivity contribution is 9.10. The maximum absolute atomic E-state index is 12.2. The molecule has 0 bridgehead atoms. The molecule has 2 rings (SSSR count). The van der Waals surface area contributed by atoms with Crippen molar-refractivity contribution in [2.24, 2.45) is 0 Å². The van der Waals surface area contributed by atoms with Gasteiger partial charge in [0, 0.05) is 16.1 Å². The number of carbonyl (C=O) groups is 1. The van der Waals surface area contributed by atoms with Crippen LogP contribution in [0.2, 0.25) is 0 Å². The van der Waals surface area contributed by atoms with Crippen LogP contribution in [-0.2, 0) is 0 Å². The first-order chi connectivity index (χ1) is 8.18. The van der Waals surface area contributed by atoms with Gasteiger partial charge in [0.2, 0.25) is 0 Å². The van der Waals surface area contributed by atoms with Gasteiger partial charge in [0.05, 0.1) is 0 Å². The van der Waals surface area contributed by atoms with Crippen LogP contribution in [0, 0.1) is 6.92 Å². The van der Waals surface area contributed by atoms with Crippen molar-refractivity contribution in [3.8, 4) is 0 Å². The van der Waals surface area contributed by atoms with Crippen LogP contribution in [-0.4, -0.2) is 11.9 Å². The van der Waals surface area contributed by atoms with Gasteiger partial charge in [-0.2, -0.15) is 0 Å². The standard InChI is InChI=1S/C14H18BrNO/c1-10-12(8-5-9-13(10)15)14(17)16-11-6-3-2-4-7-11/h5,8-9,11H,2-4,6-7H2,1H3,(H,16,17). The van der Waals surface area contributed by atoms with Crippen molar-refractivity contribution < 1.29 is 4.79 Å². The number of nitrogens with one attached hydrogen (secondary N) is 1. The molecule has 1 saturated carbocycles. The first-order valence-electron chi connectivity index (χ1n) is 6.24. The van der Waals surface area contributed by atoms with Crippen molar-refractivity contribution in [3.63, 3.8) is 0 Å². The van der Waals surface area contributed by atoms with E-state index in [0.717, 1.165) is 28.4 Å². The average molecular weight is 296 g/mol. The van der Waals surface area contributed by atoms with E-state index in [1.807, 2.05) is 25.1 Å². The summed E-state index contributed by atoms with van der Waals surface area (Å²) < 4.78 is 0.994. The molecule has 1 aromatic rings. The third-order valence-electron chi connectivity index (χ3n) is 3.45. The van der Waals surface area contributed by atoms with Crippen LogP contribution in [0.3, 0.4) is 0 Å². The summed E-state index contributed by atoms with van der Waals surface area (Å²) in [6.45, 7) is 1.97. The number of amides is 1. The molecule has 1 fully saturated rings. The second-order valence-corrected chi connectivity index (χ2v) is 5.58. The van der Waals surface area contributed by atoms with Gasteiger partial charge in [-0.15, -0.1) is 0 Å². The van der Waals surface area contributed by atoms with E-state index in [2.05, 4.69) is 21.2 Å². The monoisotopic (exact) mass is 295 g/mol. The summed E-state index contributed by atoms with van der Waals surface area (Å²) in [4.78, 5) is 12.2. The maximum atomic E-state index is 12.2. The molecule has 0 saturated heterocycles. The van der Waals surface area contributed by atoms with Crippen molar-refractivity contribution in [1.82, 2.24) is 5.32 Å². The molecule has 1 N–H and O–H groups in total. The molecule has 1 amide bonds. The summed E-state index contributed by atoms with van der Waals surface area (Å²) in [5.74, 6) is 0.0655. The molecule has 1 aliphatic carbocycles. The fraction of sp³-hybridized carbons (Fsp3) is 0.500. The minimum Gasteiger partial charge on any atom is -0.349 e. The highest BCUT2D eigenvalue weighted by atomic mass is 79.9. The van der Waals surface area contributed by atoms with E-state index in [1.165, 1.54) is 19.3 Å². The van der Waals surface area contributed by atoms with Gasteiger partial charge in [0.25, 0.3) is 5.91 Å². The summed E-state index contributed by atoms with van der Waals surface area (Å²) in [5, 5.41) is 3.14. The average Bonchev–Trinajstić information content (AvgIpc) is 2.34. The molecule has 0 aliphatic heterocycles. The molecule has 0 aromatic heterocycles. The quantitative estimate of drug-likeness (QED) is 0.883. The number of rotatable bonds is 2. The normalized spacial score (nSPS) is 16.8. The van der Waals surface area contributed by atoms with Gasteiger partial charge in [0.1, 0.15) is 0 Å². The Balaban J connectivity index is 2.06. The Morgan fingerprint density at radius 3 is 2.71 bits per heavy atom. The van der Waals surface area contributed by atoms with E-state index in [1.54, 1.807) is 0 Å². The fourth-order valence-corrected chi connectivity index (χ4v) is 2.73. The van der Waals surface area contributed by atoms with Gasteiger partial charge in [-0.1, -0.05) is 41.3 Å². The summed E-state index contributed by atoms with van der Waals surface area (Å²) in [6.07, 6.45) is 6.03. The summed E-state index contributed by atoms with van der Waals surface area (Å²) in [5.41, 5.74) is 1.80. The number of hydrogen-bond donors (Lipinski definition) is 1. The molecular weight excluding hydrogens is 278 g/mol. The minimum atomic E-state index is 0.0655. The number of benzene rings is 1. The molecule has 0 radical (unpaired) electrons. The zero-order chi connectivity index (χ0) is 12.3. The van der Waals surface area contributed by atoms with Crippen molar-refractivity contribution in [3.05, 3.63) is 33.8 Å². The van der Waals surface area contributed by atoms with Crippen molar-refractivity contribution >= 4 is 21.8 Å². The zero-order valence-corrected chi connectivity index (χ0v) is 11.7. The number of carbonyl (C=O) groups excluding carboxylic acids is 1. The highest BCUT2D eigenvalue weighted by Crippen LogP contribution is 2.21. The zero-order valence-electron chi connectivity index (χ0n) is 10.1. The van der Waals surface area contributed by atoms with Gasteiger partial charge < -0.3 is 5.32 Å². The van der Waals surface area contributed by atoms with E-state index in [4.69, 9.17) is 0 Å². The van der Waals surface area contributed by atoms with Crippen LogP contribution < -0.4 is 5.32 Å². The van der Waals surface area contributed by atoms with Crippen LogP contribution >= 0.6 is 15.9 Å². The van der Waals surface area contributed by atoms with E-state index < -0.39 is 0 Å². The molecular formula is C14H18BrNO. The Morgan fingerprint density at radius 1 is 1.29 bits per heavy atom. The predicted molar refractivity (Wildman–Crippen MR) is 73.2 cm³/mol. The van der Waals surface area contributed by atoms with Gasteiger partial charge in [-0.3, -0.25) is 4.79 Å². The maximum Gasteiger partial charge on any atom is 0.251 e. The van der Waals surface area contributed by atoms with Crippen molar-refractivity contribution in [1.29, 1.82) is 0 Å². The molecule has 3 heteroatoms. The molecule has 0 atom stereocenters. The Morgan fingerprint density at radius 2 is 2.00 bits per heavy atom. The van der Waals surface area contributed by atoms with Gasteiger partial charge >= 0.3 is 0 Å². The van der Waals surface area contributed by atoms with Gasteiger partial charge in [-0.25, -0.2) is 0 Å². The molecule has 0 unspecified atom stereocenters. The van der Waals surface area contributed by atoms with Crippen LogP contribution in [0.5, 0.6) is 0 Å². The lowest BCUT2D eigenvalue weighted by Crippen LogP contribution is -2.36. The SMILES string of the molecule is Cc1c(Br)cccc1C(=O)NC1CCCCC1. The molecule has 2 nitrogen and oxygen atoms in total. The smallest absolute Gasteiger partial charge is 0.251 e. The Kier molecular flexibility index (Phi) is 4.21. The molecule has 0 spiro atoms. The Labute approximate surface area is 111 Å².